The van der Waals surface area contributed by atoms with Gasteiger partial charge in [-0.05, 0) is 30.9 Å². The van der Waals surface area contributed by atoms with Crippen molar-refractivity contribution in [2.45, 2.75) is 18.4 Å². The number of benzene rings is 1. The molecule has 1 aromatic carbocycles. The van der Waals surface area contributed by atoms with E-state index in [4.69, 9.17) is 5.26 Å². The van der Waals surface area contributed by atoms with Crippen molar-refractivity contribution in [1.82, 2.24) is 4.90 Å². The molecule has 0 unspecified atom stereocenters. The Bertz CT molecular complexity index is 557. The molecule has 3 rings (SSSR count). The molecule has 21 heavy (non-hydrogen) atoms. The Hall–Kier alpha value is -1.90. The first-order valence-electron chi connectivity index (χ1n) is 7.29. The van der Waals surface area contributed by atoms with Gasteiger partial charge in [-0.25, -0.2) is 0 Å². The second kappa shape index (κ2) is 5.47. The summed E-state index contributed by atoms with van der Waals surface area (Å²) in [6.45, 7) is 1.44. The first kappa shape index (κ1) is 14.1. The predicted molar refractivity (Wildman–Crippen MR) is 78.5 cm³/mol. The topological polar surface area (TPSA) is 67.6 Å². The molecule has 1 saturated heterocycles. The van der Waals surface area contributed by atoms with Crippen molar-refractivity contribution in [2.24, 2.45) is 5.92 Å². The van der Waals surface area contributed by atoms with Gasteiger partial charge in [-0.3, -0.25) is 14.6 Å². The molecule has 0 bridgehead atoms. The molecule has 1 N–H and O–H groups in total. The summed E-state index contributed by atoms with van der Waals surface area (Å²) < 4.78 is 0. The zero-order valence-corrected chi connectivity index (χ0v) is 11.9. The van der Waals surface area contributed by atoms with Crippen LogP contribution in [-0.4, -0.2) is 47.7 Å². The van der Waals surface area contributed by atoms with Crippen LogP contribution in [0.1, 0.15) is 12.8 Å². The maximum atomic E-state index is 12.4. The SMILES string of the molecule is N#CCN(C(=O)CN1CC(O)(C2CC2)C1)c1ccccc1. The summed E-state index contributed by atoms with van der Waals surface area (Å²) in [5, 5.41) is 19.2. The molecule has 0 radical (unpaired) electrons. The molecule has 0 atom stereocenters. The van der Waals surface area contributed by atoms with Gasteiger partial charge in [-0.15, -0.1) is 0 Å². The Kier molecular flexibility index (Phi) is 3.66. The second-order valence-electron chi connectivity index (χ2n) is 6.00. The number of likely N-dealkylation sites (tertiary alicyclic amines) is 1. The van der Waals surface area contributed by atoms with E-state index in [-0.39, 0.29) is 19.0 Å². The minimum Gasteiger partial charge on any atom is -0.387 e. The van der Waals surface area contributed by atoms with Crippen LogP contribution in [0, 0.1) is 17.2 Å². The average Bonchev–Trinajstić information content (AvgIpc) is 3.28. The summed E-state index contributed by atoms with van der Waals surface area (Å²) >= 11 is 0. The average molecular weight is 285 g/mol. The largest absolute Gasteiger partial charge is 0.387 e. The van der Waals surface area contributed by atoms with Crippen LogP contribution >= 0.6 is 0 Å². The van der Waals surface area contributed by atoms with Gasteiger partial charge in [0.2, 0.25) is 5.91 Å². The molecular weight excluding hydrogens is 266 g/mol. The molecular formula is C16H19N3O2. The van der Waals surface area contributed by atoms with E-state index in [0.29, 0.717) is 19.0 Å². The molecule has 1 saturated carbocycles. The summed E-state index contributed by atoms with van der Waals surface area (Å²) in [5.74, 6) is 0.328. The molecule has 1 aliphatic carbocycles. The minimum absolute atomic E-state index is 0.0452. The fraction of sp³-hybridized carbons (Fsp3) is 0.500. The summed E-state index contributed by atoms with van der Waals surface area (Å²) in [7, 11) is 0. The first-order chi connectivity index (χ1) is 10.1. The number of anilines is 1. The van der Waals surface area contributed by atoms with Crippen molar-refractivity contribution in [1.29, 1.82) is 5.26 Å². The van der Waals surface area contributed by atoms with E-state index in [1.165, 1.54) is 4.90 Å². The van der Waals surface area contributed by atoms with Crippen molar-refractivity contribution in [3.05, 3.63) is 30.3 Å². The molecule has 5 nitrogen and oxygen atoms in total. The third kappa shape index (κ3) is 2.92. The zero-order chi connectivity index (χ0) is 14.9. The number of para-hydroxylation sites is 1. The Balaban J connectivity index is 1.59. The van der Waals surface area contributed by atoms with Crippen LogP contribution in [0.2, 0.25) is 0 Å². The monoisotopic (exact) mass is 285 g/mol. The lowest BCUT2D eigenvalue weighted by atomic mass is 9.89. The summed E-state index contributed by atoms with van der Waals surface area (Å²) in [4.78, 5) is 15.8. The Morgan fingerprint density at radius 3 is 2.62 bits per heavy atom. The van der Waals surface area contributed by atoms with Gasteiger partial charge in [0.15, 0.2) is 0 Å². The van der Waals surface area contributed by atoms with Crippen molar-refractivity contribution < 1.29 is 9.90 Å². The Morgan fingerprint density at radius 1 is 1.38 bits per heavy atom. The highest BCUT2D eigenvalue weighted by molar-refractivity contribution is 5.95. The van der Waals surface area contributed by atoms with Gasteiger partial charge in [0, 0.05) is 18.8 Å². The fourth-order valence-corrected chi connectivity index (χ4v) is 3.00. The quantitative estimate of drug-likeness (QED) is 0.820. The second-order valence-corrected chi connectivity index (χ2v) is 6.00. The lowest BCUT2D eigenvalue weighted by molar-refractivity contribution is -0.134. The molecule has 1 aliphatic heterocycles. The van der Waals surface area contributed by atoms with E-state index in [9.17, 15) is 9.90 Å². The van der Waals surface area contributed by atoms with Crippen molar-refractivity contribution in [2.75, 3.05) is 31.1 Å². The predicted octanol–water partition coefficient (Wildman–Crippen LogP) is 1.000. The van der Waals surface area contributed by atoms with E-state index in [0.717, 1.165) is 18.5 Å². The number of β-amino-alcohol motifs (C(OH)–C–C–N with tert-alkyl or cyclic N) is 1. The Labute approximate surface area is 124 Å². The van der Waals surface area contributed by atoms with Gasteiger partial charge in [0.1, 0.15) is 6.54 Å². The molecule has 5 heteroatoms. The lowest BCUT2D eigenvalue weighted by Crippen LogP contribution is -2.64. The maximum Gasteiger partial charge on any atom is 0.242 e. The number of rotatable bonds is 5. The van der Waals surface area contributed by atoms with Crippen LogP contribution in [-0.2, 0) is 4.79 Å². The van der Waals surface area contributed by atoms with Crippen LogP contribution in [0.3, 0.4) is 0 Å². The number of nitriles is 1. The molecule has 2 fully saturated rings. The lowest BCUT2D eigenvalue weighted by Gasteiger charge is -2.47. The van der Waals surface area contributed by atoms with Crippen LogP contribution in [0.4, 0.5) is 5.69 Å². The fourth-order valence-electron chi connectivity index (χ4n) is 3.00. The van der Waals surface area contributed by atoms with Crippen LogP contribution in [0.5, 0.6) is 0 Å². The molecule has 2 aliphatic rings. The van der Waals surface area contributed by atoms with E-state index in [2.05, 4.69) is 0 Å². The zero-order valence-electron chi connectivity index (χ0n) is 11.9. The number of aliphatic hydroxyl groups is 1. The summed E-state index contributed by atoms with van der Waals surface area (Å²) in [6.07, 6.45) is 2.20. The molecule has 1 aromatic rings. The van der Waals surface area contributed by atoms with Crippen LogP contribution in [0.25, 0.3) is 0 Å². The minimum atomic E-state index is -0.576. The summed E-state index contributed by atoms with van der Waals surface area (Å²) in [5.41, 5.74) is 0.162. The van der Waals surface area contributed by atoms with Crippen molar-refractivity contribution >= 4 is 11.6 Å². The molecule has 1 amide bonds. The third-order valence-electron chi connectivity index (χ3n) is 4.29. The standard InChI is InChI=1S/C16H19N3O2/c17-8-9-19(14-4-2-1-3-5-14)15(20)10-18-11-16(21,12-18)13-6-7-13/h1-5,13,21H,6-7,9-12H2. The number of hydrogen-bond donors (Lipinski definition) is 1. The number of carbonyl (C=O) groups is 1. The van der Waals surface area contributed by atoms with Gasteiger partial charge >= 0.3 is 0 Å². The highest BCUT2D eigenvalue weighted by Crippen LogP contribution is 2.44. The highest BCUT2D eigenvalue weighted by Gasteiger charge is 2.52. The highest BCUT2D eigenvalue weighted by atomic mass is 16.3. The smallest absolute Gasteiger partial charge is 0.242 e. The molecule has 110 valence electrons. The van der Waals surface area contributed by atoms with Gasteiger partial charge in [-0.2, -0.15) is 5.26 Å². The first-order valence-corrected chi connectivity index (χ1v) is 7.29. The van der Waals surface area contributed by atoms with E-state index in [1.807, 2.05) is 41.3 Å². The van der Waals surface area contributed by atoms with Crippen molar-refractivity contribution in [3.63, 3.8) is 0 Å². The van der Waals surface area contributed by atoms with Crippen molar-refractivity contribution in [3.8, 4) is 6.07 Å². The molecule has 0 aromatic heterocycles. The van der Waals surface area contributed by atoms with Crippen LogP contribution < -0.4 is 4.90 Å². The normalized spacial score (nSPS) is 20.4. The molecule has 0 spiro atoms. The van der Waals surface area contributed by atoms with Gasteiger partial charge in [0.05, 0.1) is 18.2 Å². The van der Waals surface area contributed by atoms with E-state index in [1.54, 1.807) is 0 Å². The van der Waals surface area contributed by atoms with Gasteiger partial charge < -0.3 is 5.11 Å². The third-order valence-corrected chi connectivity index (χ3v) is 4.29. The number of amides is 1. The number of nitrogens with zero attached hydrogens (tertiary/aromatic N) is 3. The number of carbonyl (C=O) groups excluding carboxylic acids is 1. The number of hydrogen-bond acceptors (Lipinski definition) is 4. The van der Waals surface area contributed by atoms with Crippen LogP contribution in [0.15, 0.2) is 30.3 Å². The van der Waals surface area contributed by atoms with E-state index >= 15 is 0 Å². The van der Waals surface area contributed by atoms with Gasteiger partial charge in [-0.1, -0.05) is 18.2 Å². The summed E-state index contributed by atoms with van der Waals surface area (Å²) in [6, 6.07) is 11.3. The maximum absolute atomic E-state index is 12.4. The Morgan fingerprint density at radius 2 is 2.05 bits per heavy atom. The molecule has 1 heterocycles. The van der Waals surface area contributed by atoms with Gasteiger partial charge in [0.25, 0.3) is 0 Å². The van der Waals surface area contributed by atoms with E-state index < -0.39 is 5.60 Å².